The number of fused-ring (bicyclic) bond motifs is 1. The lowest BCUT2D eigenvalue weighted by Crippen LogP contribution is -2.00. The number of phenols is 1. The van der Waals surface area contributed by atoms with Crippen molar-refractivity contribution in [2.24, 2.45) is 0 Å². The van der Waals surface area contributed by atoms with Crippen LogP contribution in [0.3, 0.4) is 0 Å². The maximum absolute atomic E-state index is 9.68. The van der Waals surface area contributed by atoms with Crippen LogP contribution in [0.1, 0.15) is 16.7 Å². The van der Waals surface area contributed by atoms with Crippen LogP contribution >= 0.6 is 15.9 Å². The molecule has 2 aromatic rings. The first kappa shape index (κ1) is 13.3. The van der Waals surface area contributed by atoms with E-state index in [9.17, 15) is 5.11 Å². The Labute approximate surface area is 126 Å². The van der Waals surface area contributed by atoms with E-state index in [1.807, 2.05) is 19.1 Å². The van der Waals surface area contributed by atoms with Crippen LogP contribution in [-0.4, -0.2) is 11.7 Å². The zero-order chi connectivity index (χ0) is 14.1. The Morgan fingerprint density at radius 1 is 1.35 bits per heavy atom. The standard InChI is InChI=1S/C16H15BrO3/c1-10-14(18)3-2-4-15(10)20-9-12-8-13(17)7-11-5-6-19-16(11)12/h2-4,7-8,18H,5-6,9H2,1H3. The van der Waals surface area contributed by atoms with Crippen LogP contribution in [0.2, 0.25) is 0 Å². The van der Waals surface area contributed by atoms with Crippen molar-refractivity contribution in [3.05, 3.63) is 51.5 Å². The van der Waals surface area contributed by atoms with Crippen molar-refractivity contribution in [1.82, 2.24) is 0 Å². The molecule has 0 saturated heterocycles. The highest BCUT2D eigenvalue weighted by molar-refractivity contribution is 9.10. The minimum atomic E-state index is 0.248. The van der Waals surface area contributed by atoms with E-state index >= 15 is 0 Å². The lowest BCUT2D eigenvalue weighted by Gasteiger charge is -2.13. The van der Waals surface area contributed by atoms with Gasteiger partial charge in [0.15, 0.2) is 0 Å². The average Bonchev–Trinajstić information content (AvgIpc) is 2.88. The highest BCUT2D eigenvalue weighted by Gasteiger charge is 2.18. The molecule has 3 nitrogen and oxygen atoms in total. The Hall–Kier alpha value is -1.68. The normalized spacial score (nSPS) is 12.9. The highest BCUT2D eigenvalue weighted by Crippen LogP contribution is 2.34. The number of hydrogen-bond donors (Lipinski definition) is 1. The van der Waals surface area contributed by atoms with Crippen molar-refractivity contribution < 1.29 is 14.6 Å². The second-order valence-corrected chi connectivity index (χ2v) is 5.76. The summed E-state index contributed by atoms with van der Waals surface area (Å²) >= 11 is 3.52. The molecule has 2 aromatic carbocycles. The lowest BCUT2D eigenvalue weighted by atomic mass is 10.1. The van der Waals surface area contributed by atoms with Gasteiger partial charge in [-0.3, -0.25) is 0 Å². The first-order chi connectivity index (χ1) is 9.65. The maximum Gasteiger partial charge on any atom is 0.129 e. The van der Waals surface area contributed by atoms with Gasteiger partial charge in [-0.15, -0.1) is 0 Å². The van der Waals surface area contributed by atoms with Crippen LogP contribution in [0.25, 0.3) is 0 Å². The summed E-state index contributed by atoms with van der Waals surface area (Å²) in [5.74, 6) is 1.88. The summed E-state index contributed by atoms with van der Waals surface area (Å²) in [4.78, 5) is 0. The molecule has 1 heterocycles. The summed E-state index contributed by atoms with van der Waals surface area (Å²) in [7, 11) is 0. The lowest BCUT2D eigenvalue weighted by molar-refractivity contribution is 0.288. The molecule has 104 valence electrons. The molecule has 0 atom stereocenters. The number of hydrogen-bond acceptors (Lipinski definition) is 3. The molecule has 0 saturated carbocycles. The van der Waals surface area contributed by atoms with Crippen LogP contribution in [0, 0.1) is 6.92 Å². The zero-order valence-corrected chi connectivity index (χ0v) is 12.7. The minimum absolute atomic E-state index is 0.248. The Morgan fingerprint density at radius 2 is 2.20 bits per heavy atom. The molecule has 20 heavy (non-hydrogen) atoms. The number of phenolic OH excluding ortho intramolecular Hbond substituents is 1. The molecule has 0 aromatic heterocycles. The first-order valence-electron chi connectivity index (χ1n) is 6.50. The third-order valence-electron chi connectivity index (χ3n) is 3.46. The summed E-state index contributed by atoms with van der Waals surface area (Å²) in [5, 5.41) is 9.68. The van der Waals surface area contributed by atoms with E-state index in [4.69, 9.17) is 9.47 Å². The quantitative estimate of drug-likeness (QED) is 0.922. The fourth-order valence-corrected chi connectivity index (χ4v) is 2.92. The molecule has 0 fully saturated rings. The van der Waals surface area contributed by atoms with Crippen LogP contribution < -0.4 is 9.47 Å². The van der Waals surface area contributed by atoms with Gasteiger partial charge in [0.2, 0.25) is 0 Å². The van der Waals surface area contributed by atoms with E-state index in [1.54, 1.807) is 12.1 Å². The van der Waals surface area contributed by atoms with Gasteiger partial charge in [0.05, 0.1) is 6.61 Å². The predicted molar refractivity (Wildman–Crippen MR) is 80.5 cm³/mol. The van der Waals surface area contributed by atoms with E-state index in [1.165, 1.54) is 5.56 Å². The molecule has 1 aliphatic heterocycles. The van der Waals surface area contributed by atoms with E-state index < -0.39 is 0 Å². The first-order valence-corrected chi connectivity index (χ1v) is 7.30. The van der Waals surface area contributed by atoms with E-state index in [0.29, 0.717) is 12.4 Å². The summed E-state index contributed by atoms with van der Waals surface area (Å²) in [6, 6.07) is 9.39. The van der Waals surface area contributed by atoms with Crippen molar-refractivity contribution in [2.75, 3.05) is 6.61 Å². The van der Waals surface area contributed by atoms with E-state index in [-0.39, 0.29) is 5.75 Å². The SMILES string of the molecule is Cc1c(O)cccc1OCc1cc(Br)cc2c1OCC2. The second-order valence-electron chi connectivity index (χ2n) is 4.84. The second kappa shape index (κ2) is 5.37. The van der Waals surface area contributed by atoms with Gasteiger partial charge < -0.3 is 14.6 Å². The van der Waals surface area contributed by atoms with Crippen molar-refractivity contribution >= 4 is 15.9 Å². The average molecular weight is 335 g/mol. The van der Waals surface area contributed by atoms with Gasteiger partial charge in [0, 0.05) is 22.0 Å². The number of aromatic hydroxyl groups is 1. The fraction of sp³-hybridized carbons (Fsp3) is 0.250. The van der Waals surface area contributed by atoms with Gasteiger partial charge in [-0.25, -0.2) is 0 Å². The smallest absolute Gasteiger partial charge is 0.129 e. The zero-order valence-electron chi connectivity index (χ0n) is 11.1. The van der Waals surface area contributed by atoms with Crippen LogP contribution in [0.4, 0.5) is 0 Å². The largest absolute Gasteiger partial charge is 0.508 e. The van der Waals surface area contributed by atoms with Gasteiger partial charge in [-0.05, 0) is 36.8 Å². The van der Waals surface area contributed by atoms with Gasteiger partial charge in [-0.1, -0.05) is 22.0 Å². The molecule has 0 radical (unpaired) electrons. The third kappa shape index (κ3) is 2.48. The summed E-state index contributed by atoms with van der Waals surface area (Å²) < 4.78 is 12.5. The van der Waals surface area contributed by atoms with Crippen molar-refractivity contribution in [2.45, 2.75) is 20.0 Å². The van der Waals surface area contributed by atoms with Crippen molar-refractivity contribution in [1.29, 1.82) is 0 Å². The molecule has 1 aliphatic rings. The molecule has 0 amide bonds. The van der Waals surface area contributed by atoms with Gasteiger partial charge in [0.25, 0.3) is 0 Å². The van der Waals surface area contributed by atoms with Crippen LogP contribution in [0.5, 0.6) is 17.2 Å². The molecule has 0 bridgehead atoms. The molecule has 0 spiro atoms. The van der Waals surface area contributed by atoms with Crippen molar-refractivity contribution in [3.63, 3.8) is 0 Å². The number of benzene rings is 2. The van der Waals surface area contributed by atoms with Gasteiger partial charge in [-0.2, -0.15) is 0 Å². The van der Waals surface area contributed by atoms with Gasteiger partial charge in [0.1, 0.15) is 23.9 Å². The molecular formula is C16H15BrO3. The minimum Gasteiger partial charge on any atom is -0.508 e. The number of halogens is 1. The Kier molecular flexibility index (Phi) is 3.57. The molecule has 0 unspecified atom stereocenters. The highest BCUT2D eigenvalue weighted by atomic mass is 79.9. The number of rotatable bonds is 3. The van der Waals surface area contributed by atoms with Crippen LogP contribution in [-0.2, 0) is 13.0 Å². The monoisotopic (exact) mass is 334 g/mol. The van der Waals surface area contributed by atoms with Crippen molar-refractivity contribution in [3.8, 4) is 17.2 Å². The summed E-state index contributed by atoms with van der Waals surface area (Å²) in [5.41, 5.74) is 2.99. The van der Waals surface area contributed by atoms with Gasteiger partial charge >= 0.3 is 0 Å². The molecule has 0 aliphatic carbocycles. The Bertz CT molecular complexity index is 652. The summed E-state index contributed by atoms with van der Waals surface area (Å²) in [6.07, 6.45) is 0.937. The molecule has 3 rings (SSSR count). The summed E-state index contributed by atoms with van der Waals surface area (Å²) in [6.45, 7) is 2.99. The van der Waals surface area contributed by atoms with E-state index in [2.05, 4.69) is 22.0 Å². The molecular weight excluding hydrogens is 320 g/mol. The Morgan fingerprint density at radius 3 is 3.05 bits per heavy atom. The third-order valence-corrected chi connectivity index (χ3v) is 3.92. The maximum atomic E-state index is 9.68. The van der Waals surface area contributed by atoms with Crippen LogP contribution in [0.15, 0.2) is 34.8 Å². The fourth-order valence-electron chi connectivity index (χ4n) is 2.37. The topological polar surface area (TPSA) is 38.7 Å². The van der Waals surface area contributed by atoms with E-state index in [0.717, 1.165) is 34.4 Å². The number of ether oxygens (including phenoxy) is 2. The molecule has 4 heteroatoms. The molecule has 1 N–H and O–H groups in total. The predicted octanol–water partition coefficient (Wildman–Crippen LogP) is 3.98. The Balaban J connectivity index is 1.84.